The maximum atomic E-state index is 11.9. The molecule has 166 valence electrons. The number of ether oxygens (including phenoxy) is 2. The lowest BCUT2D eigenvalue weighted by Crippen LogP contribution is -2.42. The molecule has 5 atom stereocenters. The lowest BCUT2D eigenvalue weighted by molar-refractivity contribution is -0.165. The van der Waals surface area contributed by atoms with Gasteiger partial charge in [-0.05, 0) is 17.7 Å². The molecule has 9 N–H and O–H groups in total. The normalized spacial score (nSPS) is 15.9. The number of carboxylic acids is 2. The highest BCUT2D eigenvalue weighted by atomic mass is 16.6. The number of hydrogen-bond acceptors (Lipinski definition) is 12. The zero-order chi connectivity index (χ0) is 23.2. The molecule has 0 aliphatic rings. The van der Waals surface area contributed by atoms with E-state index in [1.54, 1.807) is 0 Å². The fourth-order valence-corrected chi connectivity index (χ4v) is 1.90. The van der Waals surface area contributed by atoms with Crippen LogP contribution < -0.4 is 15.2 Å². The van der Waals surface area contributed by atoms with Crippen molar-refractivity contribution in [1.29, 1.82) is 0 Å². The zero-order valence-electron chi connectivity index (χ0n) is 15.0. The largest absolute Gasteiger partial charge is 0.479 e. The summed E-state index contributed by atoms with van der Waals surface area (Å²) in [6.45, 7) is -0.281. The van der Waals surface area contributed by atoms with E-state index >= 15 is 0 Å². The highest BCUT2D eigenvalue weighted by Gasteiger charge is 2.34. The Morgan fingerprint density at radius 3 is 1.60 bits per heavy atom. The molecule has 0 fully saturated rings. The van der Waals surface area contributed by atoms with Crippen molar-refractivity contribution in [2.75, 3.05) is 6.54 Å². The highest BCUT2D eigenvalue weighted by Crippen LogP contribution is 2.31. The third-order valence-electron chi connectivity index (χ3n) is 3.58. The maximum Gasteiger partial charge on any atom is 0.343 e. The standard InChI is InChI=1S/C16H19NO13/c17-4-6(18)5-1-2-7(29-15(27)11(21)9(19)13(23)24)8(3-5)30-16(28)12(22)10(20)14(25)26/h1-3,6,9-12,18-22H,4,17H2,(H,23,24)(H,25,26)/t6-,9-,10-,11-,12-/m1/s1. The minimum absolute atomic E-state index is 0.0273. The lowest BCUT2D eigenvalue weighted by atomic mass is 10.1. The number of nitrogens with two attached hydrogens (primary N) is 1. The molecule has 0 amide bonds. The second-order valence-electron chi connectivity index (χ2n) is 5.76. The molecule has 0 radical (unpaired) electrons. The van der Waals surface area contributed by atoms with Crippen molar-refractivity contribution in [2.45, 2.75) is 30.5 Å². The molecule has 30 heavy (non-hydrogen) atoms. The summed E-state index contributed by atoms with van der Waals surface area (Å²) in [7, 11) is 0. The van der Waals surface area contributed by atoms with Gasteiger partial charge in [0.25, 0.3) is 0 Å². The lowest BCUT2D eigenvalue weighted by Gasteiger charge is -2.18. The molecule has 14 nitrogen and oxygen atoms in total. The Balaban J connectivity index is 3.20. The molecule has 0 heterocycles. The Hall–Kier alpha value is -3.14. The number of hydrogen-bond donors (Lipinski definition) is 8. The topological polar surface area (TPSA) is 254 Å². The third-order valence-corrected chi connectivity index (χ3v) is 3.58. The van der Waals surface area contributed by atoms with E-state index in [2.05, 4.69) is 4.74 Å². The second-order valence-corrected chi connectivity index (χ2v) is 5.76. The number of carbonyl (C=O) groups excluding carboxylic acids is 2. The van der Waals surface area contributed by atoms with Crippen molar-refractivity contribution in [3.63, 3.8) is 0 Å². The maximum absolute atomic E-state index is 11.9. The Morgan fingerprint density at radius 1 is 0.767 bits per heavy atom. The van der Waals surface area contributed by atoms with Crippen LogP contribution in [-0.2, 0) is 19.2 Å². The van der Waals surface area contributed by atoms with Gasteiger partial charge in [-0.1, -0.05) is 6.07 Å². The Bertz CT molecular complexity index is 810. The molecule has 14 heteroatoms. The van der Waals surface area contributed by atoms with E-state index in [0.29, 0.717) is 0 Å². The fraction of sp³-hybridized carbons (Fsp3) is 0.375. The van der Waals surface area contributed by atoms with Gasteiger partial charge in [0.1, 0.15) is 0 Å². The Morgan fingerprint density at radius 2 is 1.20 bits per heavy atom. The van der Waals surface area contributed by atoms with Crippen LogP contribution in [0.4, 0.5) is 0 Å². The van der Waals surface area contributed by atoms with Crippen LogP contribution in [0.1, 0.15) is 11.7 Å². The molecule has 0 saturated carbocycles. The van der Waals surface area contributed by atoms with Crippen LogP contribution in [0.5, 0.6) is 11.5 Å². The predicted molar refractivity (Wildman–Crippen MR) is 91.0 cm³/mol. The summed E-state index contributed by atoms with van der Waals surface area (Å²) in [6, 6.07) is 3.01. The second kappa shape index (κ2) is 10.6. The SMILES string of the molecule is NC[C@@H](O)c1ccc(OC(=O)[C@H](O)[C@@H](O)C(=O)O)c(OC(=O)[C@H](O)[C@@H](O)C(=O)O)c1. The first-order chi connectivity index (χ1) is 13.9. The van der Waals surface area contributed by atoms with Crippen molar-refractivity contribution < 1.29 is 64.4 Å². The van der Waals surface area contributed by atoms with Crippen LogP contribution >= 0.6 is 0 Å². The first kappa shape index (κ1) is 24.9. The van der Waals surface area contributed by atoms with Crippen LogP contribution in [0, 0.1) is 0 Å². The van der Waals surface area contributed by atoms with Gasteiger partial charge in [0.2, 0.25) is 0 Å². The molecule has 1 rings (SSSR count). The van der Waals surface area contributed by atoms with Crippen molar-refractivity contribution >= 4 is 23.9 Å². The molecule has 1 aromatic rings. The zero-order valence-corrected chi connectivity index (χ0v) is 15.0. The molecule has 0 aromatic heterocycles. The minimum Gasteiger partial charge on any atom is -0.479 e. The fourth-order valence-electron chi connectivity index (χ4n) is 1.90. The smallest absolute Gasteiger partial charge is 0.343 e. The number of esters is 2. The molecule has 0 bridgehead atoms. The van der Waals surface area contributed by atoms with Crippen LogP contribution in [0.25, 0.3) is 0 Å². The predicted octanol–water partition coefficient (Wildman–Crippen LogP) is -3.90. The van der Waals surface area contributed by atoms with E-state index in [1.165, 1.54) is 0 Å². The molecule has 0 spiro atoms. The monoisotopic (exact) mass is 433 g/mol. The summed E-state index contributed by atoms with van der Waals surface area (Å²) in [5.41, 5.74) is 5.33. The van der Waals surface area contributed by atoms with Gasteiger partial charge in [-0.15, -0.1) is 0 Å². The number of rotatable bonds is 10. The first-order valence-corrected chi connectivity index (χ1v) is 8.04. The van der Waals surface area contributed by atoms with Gasteiger partial charge in [0.05, 0.1) is 6.10 Å². The van der Waals surface area contributed by atoms with Gasteiger partial charge in [0, 0.05) is 6.54 Å². The number of aliphatic hydroxyl groups excluding tert-OH is 5. The van der Waals surface area contributed by atoms with E-state index in [0.717, 1.165) is 18.2 Å². The van der Waals surface area contributed by atoms with Crippen molar-refractivity contribution in [3.8, 4) is 11.5 Å². The number of aliphatic hydroxyl groups is 5. The summed E-state index contributed by atoms with van der Waals surface area (Å²) in [6.07, 6.45) is -11.4. The summed E-state index contributed by atoms with van der Waals surface area (Å²) < 4.78 is 9.37. The summed E-state index contributed by atoms with van der Waals surface area (Å²) >= 11 is 0. The van der Waals surface area contributed by atoms with Crippen LogP contribution in [0.2, 0.25) is 0 Å². The molecule has 0 saturated heterocycles. The van der Waals surface area contributed by atoms with Crippen molar-refractivity contribution in [3.05, 3.63) is 23.8 Å². The highest BCUT2D eigenvalue weighted by molar-refractivity contribution is 5.87. The number of aliphatic carboxylic acids is 2. The van der Waals surface area contributed by atoms with Crippen molar-refractivity contribution in [2.24, 2.45) is 5.73 Å². The van der Waals surface area contributed by atoms with E-state index < -0.39 is 65.9 Å². The molecule has 0 aliphatic carbocycles. The first-order valence-electron chi connectivity index (χ1n) is 8.04. The molecular weight excluding hydrogens is 414 g/mol. The van der Waals surface area contributed by atoms with E-state index in [9.17, 15) is 44.7 Å². The Labute approximate surface area is 167 Å². The molecule has 0 unspecified atom stereocenters. The van der Waals surface area contributed by atoms with Gasteiger partial charge in [-0.3, -0.25) is 0 Å². The third kappa shape index (κ3) is 6.18. The number of benzene rings is 1. The van der Waals surface area contributed by atoms with Gasteiger partial charge >= 0.3 is 23.9 Å². The Kier molecular flexibility index (Phi) is 8.78. The average Bonchev–Trinajstić information content (AvgIpc) is 2.71. The average molecular weight is 433 g/mol. The summed E-state index contributed by atoms with van der Waals surface area (Å²) in [5.74, 6) is -8.56. The molecular formula is C16H19NO13. The van der Waals surface area contributed by atoms with E-state index in [4.69, 9.17) is 20.7 Å². The summed E-state index contributed by atoms with van der Waals surface area (Å²) in [4.78, 5) is 45.0. The molecule has 1 aromatic carbocycles. The quantitative estimate of drug-likeness (QED) is 0.130. The van der Waals surface area contributed by atoms with E-state index in [-0.39, 0.29) is 12.1 Å². The summed E-state index contributed by atoms with van der Waals surface area (Å²) in [5, 5.41) is 64.4. The van der Waals surface area contributed by atoms with Gasteiger partial charge in [-0.25, -0.2) is 19.2 Å². The minimum atomic E-state index is -2.55. The van der Waals surface area contributed by atoms with Crippen LogP contribution in [-0.4, -0.2) is 90.6 Å². The number of carbonyl (C=O) groups is 4. The van der Waals surface area contributed by atoms with Crippen LogP contribution in [0.3, 0.4) is 0 Å². The van der Waals surface area contributed by atoms with Crippen LogP contribution in [0.15, 0.2) is 18.2 Å². The van der Waals surface area contributed by atoms with Crippen molar-refractivity contribution in [1.82, 2.24) is 0 Å². The molecule has 0 aliphatic heterocycles. The van der Waals surface area contributed by atoms with Gasteiger partial charge in [-0.2, -0.15) is 0 Å². The van der Waals surface area contributed by atoms with Gasteiger partial charge in [0.15, 0.2) is 35.9 Å². The number of carboxylic acid groups (broad SMARTS) is 2. The van der Waals surface area contributed by atoms with Gasteiger partial charge < -0.3 is 51.0 Å². The van der Waals surface area contributed by atoms with E-state index in [1.807, 2.05) is 0 Å².